The van der Waals surface area contributed by atoms with Crippen molar-refractivity contribution >= 4 is 23.5 Å². The second-order valence-corrected chi connectivity index (χ2v) is 5.54. The van der Waals surface area contributed by atoms with Crippen molar-refractivity contribution in [1.29, 1.82) is 0 Å². The van der Waals surface area contributed by atoms with Crippen molar-refractivity contribution in [3.8, 4) is 0 Å². The van der Waals surface area contributed by atoms with Gasteiger partial charge < -0.3 is 26.8 Å². The van der Waals surface area contributed by atoms with Crippen LogP contribution in [0.1, 0.15) is 12.8 Å². The van der Waals surface area contributed by atoms with Crippen LogP contribution in [-0.4, -0.2) is 41.6 Å². The van der Waals surface area contributed by atoms with Gasteiger partial charge in [-0.15, -0.1) is 0 Å². The maximum atomic E-state index is 12.3. The van der Waals surface area contributed by atoms with Gasteiger partial charge in [-0.1, -0.05) is 18.2 Å². The number of aliphatic carboxylic acids is 1. The average molecular weight is 334 g/mol. The van der Waals surface area contributed by atoms with E-state index in [4.69, 9.17) is 11.5 Å². The van der Waals surface area contributed by atoms with E-state index in [1.807, 2.05) is 0 Å². The number of nitrogens with one attached hydrogen (secondary N) is 1. The average Bonchev–Trinajstić information content (AvgIpc) is 2.53. The first-order chi connectivity index (χ1) is 11.4. The van der Waals surface area contributed by atoms with Crippen molar-refractivity contribution in [3.05, 3.63) is 35.5 Å². The smallest absolute Gasteiger partial charge is 0.321 e. The summed E-state index contributed by atoms with van der Waals surface area (Å²) in [7, 11) is 0. The van der Waals surface area contributed by atoms with Gasteiger partial charge in [0.15, 0.2) is 5.96 Å². The number of hydrogen-bond acceptors (Lipinski definition) is 5. The molecule has 1 aliphatic rings. The summed E-state index contributed by atoms with van der Waals surface area (Å²) in [6.45, 7) is 0.339. The van der Waals surface area contributed by atoms with E-state index >= 15 is 0 Å². The second kappa shape index (κ2) is 7.75. The molecule has 0 saturated carbocycles. The number of carbonyl (C=O) groups is 2. The molecule has 0 aliphatic carbocycles. The quantitative estimate of drug-likeness (QED) is 0.229. The Hall–Kier alpha value is -2.65. The lowest BCUT2D eigenvalue weighted by molar-refractivity contribution is -0.147. The number of amides is 1. The third kappa shape index (κ3) is 4.00. The molecule has 1 fully saturated rings. The van der Waals surface area contributed by atoms with Crippen molar-refractivity contribution in [2.24, 2.45) is 22.4 Å². The molecule has 6 N–H and O–H groups in total. The molecule has 24 heavy (non-hydrogen) atoms. The molecule has 1 saturated heterocycles. The van der Waals surface area contributed by atoms with Crippen molar-refractivity contribution < 1.29 is 14.7 Å². The van der Waals surface area contributed by atoms with E-state index in [9.17, 15) is 19.9 Å². The summed E-state index contributed by atoms with van der Waals surface area (Å²) >= 11 is 0. The molecule has 9 nitrogen and oxygen atoms in total. The molecule has 1 aromatic rings. The van der Waals surface area contributed by atoms with Crippen molar-refractivity contribution in [2.75, 3.05) is 11.6 Å². The SMILES string of the molecule is NC(N)=NCCC[C@@H]1C(C(=O)N([O-])c2ccccc2)N[C@@H]1C(=O)O. The number of hydrogen-bond donors (Lipinski definition) is 4. The van der Waals surface area contributed by atoms with Gasteiger partial charge in [-0.25, -0.2) is 0 Å². The maximum absolute atomic E-state index is 12.3. The first kappa shape index (κ1) is 17.7. The largest absolute Gasteiger partial charge is 0.752 e. The Balaban J connectivity index is 2.00. The fourth-order valence-electron chi connectivity index (χ4n) is 2.71. The Morgan fingerprint density at radius 1 is 1.25 bits per heavy atom. The Labute approximate surface area is 138 Å². The van der Waals surface area contributed by atoms with Gasteiger partial charge in [0.05, 0.1) is 6.04 Å². The summed E-state index contributed by atoms with van der Waals surface area (Å²) in [5.74, 6) is -2.28. The number of nitrogens with zero attached hydrogens (tertiary/aromatic N) is 2. The molecule has 1 aromatic carbocycles. The first-order valence-electron chi connectivity index (χ1n) is 7.52. The standard InChI is InChI=1S/C15H20N5O4/c16-15(17)18-8-4-7-10-11(19-12(10)14(22)23)13(21)20(24)9-5-2-1-3-6-9/h1-3,5-6,10-12,19H,4,7-8H2,(H,22,23)(H4,16,17,18)/q-1/t10-,11?,12+/m1/s1. The van der Waals surface area contributed by atoms with Gasteiger partial charge in [-0.05, 0) is 25.0 Å². The van der Waals surface area contributed by atoms with E-state index in [2.05, 4.69) is 10.3 Å². The van der Waals surface area contributed by atoms with Crippen LogP contribution in [0, 0.1) is 11.1 Å². The highest BCUT2D eigenvalue weighted by Crippen LogP contribution is 2.29. The summed E-state index contributed by atoms with van der Waals surface area (Å²) in [5.41, 5.74) is 10.7. The number of carboxylic acid groups (broad SMARTS) is 1. The monoisotopic (exact) mass is 334 g/mol. The molecule has 0 spiro atoms. The molecule has 0 radical (unpaired) electrons. The highest BCUT2D eigenvalue weighted by atomic mass is 16.5. The molecule has 130 valence electrons. The number of benzene rings is 1. The van der Waals surface area contributed by atoms with Crippen molar-refractivity contribution in [3.63, 3.8) is 0 Å². The van der Waals surface area contributed by atoms with E-state index < -0.39 is 29.9 Å². The Bertz CT molecular complexity index is 618. The molecule has 1 heterocycles. The summed E-state index contributed by atoms with van der Waals surface area (Å²) in [4.78, 5) is 27.4. The number of carboxylic acids is 1. The van der Waals surface area contributed by atoms with Gasteiger partial charge in [-0.2, -0.15) is 0 Å². The van der Waals surface area contributed by atoms with Gasteiger partial charge >= 0.3 is 5.97 Å². The minimum absolute atomic E-state index is 0.0426. The van der Waals surface area contributed by atoms with E-state index in [1.54, 1.807) is 18.2 Å². The van der Waals surface area contributed by atoms with Crippen LogP contribution in [0.15, 0.2) is 35.3 Å². The number of carbonyl (C=O) groups excluding carboxylic acids is 1. The van der Waals surface area contributed by atoms with Gasteiger partial charge in [0.2, 0.25) is 5.91 Å². The minimum atomic E-state index is -1.05. The molecule has 3 atom stereocenters. The lowest BCUT2D eigenvalue weighted by Gasteiger charge is -2.46. The maximum Gasteiger partial charge on any atom is 0.321 e. The fraction of sp³-hybridized carbons (Fsp3) is 0.400. The number of rotatable bonds is 7. The number of hydroxylamine groups is 1. The van der Waals surface area contributed by atoms with Crippen LogP contribution in [-0.2, 0) is 9.59 Å². The van der Waals surface area contributed by atoms with E-state index in [0.717, 1.165) is 0 Å². The number of anilines is 1. The summed E-state index contributed by atoms with van der Waals surface area (Å²) in [6, 6.07) is 6.38. The van der Waals surface area contributed by atoms with Crippen LogP contribution < -0.4 is 21.8 Å². The highest BCUT2D eigenvalue weighted by molar-refractivity contribution is 6.00. The van der Waals surface area contributed by atoms with Crippen LogP contribution in [0.25, 0.3) is 0 Å². The normalized spacial score (nSPS) is 22.3. The second-order valence-electron chi connectivity index (χ2n) is 5.54. The van der Waals surface area contributed by atoms with Crippen LogP contribution in [0.5, 0.6) is 0 Å². The predicted octanol–water partition coefficient (Wildman–Crippen LogP) is -0.388. The third-order valence-electron chi connectivity index (χ3n) is 3.93. The number of guanidine groups is 1. The van der Waals surface area contributed by atoms with E-state index in [1.165, 1.54) is 12.1 Å². The Kier molecular flexibility index (Phi) is 5.72. The number of nitrogens with two attached hydrogens (primary N) is 2. The van der Waals surface area contributed by atoms with Gasteiger partial charge in [-0.3, -0.25) is 19.9 Å². The number of aliphatic imine (C=N–C) groups is 1. The zero-order valence-electron chi connectivity index (χ0n) is 13.0. The lowest BCUT2D eigenvalue weighted by Crippen LogP contribution is -2.69. The van der Waals surface area contributed by atoms with Gasteiger partial charge in [0.25, 0.3) is 0 Å². The zero-order valence-corrected chi connectivity index (χ0v) is 13.0. The molecule has 1 aliphatic heterocycles. The van der Waals surface area contributed by atoms with Gasteiger partial charge in [0.1, 0.15) is 6.04 Å². The van der Waals surface area contributed by atoms with Crippen molar-refractivity contribution in [2.45, 2.75) is 24.9 Å². The first-order valence-corrected chi connectivity index (χ1v) is 7.52. The number of para-hydroxylation sites is 1. The van der Waals surface area contributed by atoms with Gasteiger partial charge in [0, 0.05) is 18.2 Å². The summed E-state index contributed by atoms with van der Waals surface area (Å²) < 4.78 is 0. The molecular weight excluding hydrogens is 314 g/mol. The minimum Gasteiger partial charge on any atom is -0.752 e. The van der Waals surface area contributed by atoms with Crippen molar-refractivity contribution in [1.82, 2.24) is 5.32 Å². The van der Waals surface area contributed by atoms with E-state index in [-0.39, 0.29) is 11.6 Å². The van der Waals surface area contributed by atoms with Crippen LogP contribution in [0.4, 0.5) is 5.69 Å². The summed E-state index contributed by atoms with van der Waals surface area (Å²) in [6.07, 6.45) is 0.932. The Morgan fingerprint density at radius 2 is 1.92 bits per heavy atom. The zero-order chi connectivity index (χ0) is 17.7. The molecule has 1 amide bonds. The van der Waals surface area contributed by atoms with E-state index in [0.29, 0.717) is 24.4 Å². The lowest BCUT2D eigenvalue weighted by atomic mass is 9.78. The molecule has 0 bridgehead atoms. The molecule has 0 aromatic heterocycles. The van der Waals surface area contributed by atoms with Crippen LogP contribution in [0.3, 0.4) is 0 Å². The fourth-order valence-corrected chi connectivity index (χ4v) is 2.71. The topological polar surface area (TPSA) is 157 Å². The third-order valence-corrected chi connectivity index (χ3v) is 3.93. The molecule has 2 rings (SSSR count). The van der Waals surface area contributed by atoms with Crippen LogP contribution >= 0.6 is 0 Å². The predicted molar refractivity (Wildman–Crippen MR) is 89.0 cm³/mol. The molecular formula is C15H20N5O4-. The highest BCUT2D eigenvalue weighted by Gasteiger charge is 2.48. The molecule has 9 heteroatoms. The molecule has 1 unspecified atom stereocenters. The Morgan fingerprint density at radius 3 is 2.50 bits per heavy atom. The van der Waals surface area contributed by atoms with Crippen LogP contribution in [0.2, 0.25) is 0 Å². The summed E-state index contributed by atoms with van der Waals surface area (Å²) in [5, 5.41) is 24.3.